The fourth-order valence-electron chi connectivity index (χ4n) is 6.00. The molecule has 0 radical (unpaired) electrons. The van der Waals surface area contributed by atoms with Crippen molar-refractivity contribution in [1.29, 1.82) is 0 Å². The van der Waals surface area contributed by atoms with Gasteiger partial charge in [0, 0.05) is 66.1 Å². The van der Waals surface area contributed by atoms with Crippen LogP contribution in [-0.2, 0) is 17.8 Å². The van der Waals surface area contributed by atoms with Crippen molar-refractivity contribution in [2.45, 2.75) is 52.5 Å². The summed E-state index contributed by atoms with van der Waals surface area (Å²) < 4.78 is 13.3. The van der Waals surface area contributed by atoms with E-state index in [0.29, 0.717) is 42.8 Å². The van der Waals surface area contributed by atoms with Gasteiger partial charge < -0.3 is 18.3 Å². The number of piperidine rings is 1. The summed E-state index contributed by atoms with van der Waals surface area (Å²) in [5.74, 6) is 1.35. The number of furan rings is 1. The van der Waals surface area contributed by atoms with Crippen LogP contribution in [0.2, 0.25) is 0 Å². The van der Waals surface area contributed by atoms with Crippen molar-refractivity contribution >= 4 is 27.8 Å². The molecule has 0 spiro atoms. The zero-order valence-corrected chi connectivity index (χ0v) is 20.2. The van der Waals surface area contributed by atoms with Crippen LogP contribution in [0, 0.1) is 26.7 Å². The number of rotatable bonds is 3. The number of amides is 1. The molecule has 5 heterocycles. The van der Waals surface area contributed by atoms with E-state index in [1.165, 1.54) is 0 Å². The number of benzene rings is 1. The van der Waals surface area contributed by atoms with Crippen LogP contribution in [0.15, 0.2) is 48.8 Å². The third kappa shape index (κ3) is 3.52. The Bertz CT molecular complexity index is 1620. The highest BCUT2D eigenvalue weighted by Gasteiger charge is 2.36. The summed E-state index contributed by atoms with van der Waals surface area (Å²) in [4.78, 5) is 40.2. The molecule has 7 nitrogen and oxygen atoms in total. The first-order valence-corrected chi connectivity index (χ1v) is 12.2. The zero-order chi connectivity index (χ0) is 24.4. The maximum absolute atomic E-state index is 13.2. The van der Waals surface area contributed by atoms with E-state index in [-0.39, 0.29) is 29.7 Å². The van der Waals surface area contributed by atoms with Crippen molar-refractivity contribution in [3.63, 3.8) is 0 Å². The number of aryl methyl sites for hydroxylation is 3. The molecule has 4 aromatic rings. The van der Waals surface area contributed by atoms with E-state index in [4.69, 9.17) is 8.83 Å². The summed E-state index contributed by atoms with van der Waals surface area (Å²) in [5.41, 5.74) is 4.35. The van der Waals surface area contributed by atoms with Crippen LogP contribution < -0.4 is 11.2 Å². The van der Waals surface area contributed by atoms with Gasteiger partial charge in [0.15, 0.2) is 0 Å². The number of likely N-dealkylation sites (tertiary alicyclic amines) is 1. The molecule has 0 aliphatic carbocycles. The fraction of sp³-hybridized carbons (Fsp3) is 0.393. The molecule has 35 heavy (non-hydrogen) atoms. The van der Waals surface area contributed by atoms with Gasteiger partial charge in [0.05, 0.1) is 0 Å². The summed E-state index contributed by atoms with van der Waals surface area (Å²) in [6.45, 7) is 7.78. The minimum absolute atomic E-state index is 0.0357. The molecule has 2 aliphatic rings. The SMILES string of the molecule is Cc1oc2cc3oc(=O)c(CCC(=O)N4C[C@@H]5C[C@H](C4)c4cccc(=O)n4C5)c(C)c3cc2c1C. The predicted octanol–water partition coefficient (Wildman–Crippen LogP) is 4.20. The van der Waals surface area contributed by atoms with Crippen LogP contribution in [0.4, 0.5) is 0 Å². The van der Waals surface area contributed by atoms with Gasteiger partial charge in [0.2, 0.25) is 5.91 Å². The van der Waals surface area contributed by atoms with Gasteiger partial charge in [-0.05, 0) is 62.8 Å². The lowest BCUT2D eigenvalue weighted by Gasteiger charge is -2.42. The van der Waals surface area contributed by atoms with Gasteiger partial charge in [0.1, 0.15) is 16.9 Å². The summed E-state index contributed by atoms with van der Waals surface area (Å²) >= 11 is 0. The maximum atomic E-state index is 13.2. The number of carbonyl (C=O) groups is 1. The van der Waals surface area contributed by atoms with Crippen molar-refractivity contribution in [3.05, 3.63) is 79.3 Å². The molecule has 2 bridgehead atoms. The average molecular weight is 473 g/mol. The molecular formula is C28H28N2O5. The van der Waals surface area contributed by atoms with Gasteiger partial charge in [0.25, 0.3) is 5.56 Å². The first kappa shape index (κ1) is 21.9. The fourth-order valence-corrected chi connectivity index (χ4v) is 6.00. The van der Waals surface area contributed by atoms with E-state index in [2.05, 4.69) is 0 Å². The highest BCUT2D eigenvalue weighted by Crippen LogP contribution is 2.35. The Hall–Kier alpha value is -3.61. The van der Waals surface area contributed by atoms with Crippen LogP contribution >= 0.6 is 0 Å². The standard InChI is InChI=1S/C28H28N2O5/c1-15-17(3)34-24-11-25-22(10-21(15)24)16(2)20(28(33)35-25)7-8-26(31)29-12-18-9-19(14-29)23-5-4-6-27(32)30(23)13-18/h4-6,10-11,18-19H,7-9,12-14H2,1-3H3/t18-,19+/m0/s1. The highest BCUT2D eigenvalue weighted by molar-refractivity contribution is 5.96. The Morgan fingerprint density at radius 1 is 0.971 bits per heavy atom. The van der Waals surface area contributed by atoms with Crippen LogP contribution in [0.3, 0.4) is 0 Å². The Morgan fingerprint density at radius 2 is 1.74 bits per heavy atom. The van der Waals surface area contributed by atoms with E-state index < -0.39 is 5.63 Å². The number of aromatic nitrogens is 1. The Morgan fingerprint density at radius 3 is 2.57 bits per heavy atom. The minimum atomic E-state index is -0.397. The quantitative estimate of drug-likeness (QED) is 0.417. The van der Waals surface area contributed by atoms with Crippen molar-refractivity contribution in [3.8, 4) is 0 Å². The maximum Gasteiger partial charge on any atom is 0.339 e. The molecule has 3 aromatic heterocycles. The number of fused-ring (bicyclic) bond motifs is 6. The first-order valence-electron chi connectivity index (χ1n) is 12.2. The lowest BCUT2D eigenvalue weighted by molar-refractivity contribution is -0.133. The minimum Gasteiger partial charge on any atom is -0.461 e. The average Bonchev–Trinajstić information content (AvgIpc) is 3.10. The van der Waals surface area contributed by atoms with E-state index in [1.54, 1.807) is 18.2 Å². The number of hydrogen-bond acceptors (Lipinski definition) is 5. The second-order valence-corrected chi connectivity index (χ2v) is 10.1. The Labute approximate surface area is 201 Å². The topological polar surface area (TPSA) is 85.7 Å². The van der Waals surface area contributed by atoms with Gasteiger partial charge in [-0.3, -0.25) is 9.59 Å². The normalized spacial score (nSPS) is 19.3. The number of nitrogens with zero attached hydrogens (tertiary/aromatic N) is 2. The van der Waals surface area contributed by atoms with Gasteiger partial charge in [-0.25, -0.2) is 4.79 Å². The number of pyridine rings is 1. The monoisotopic (exact) mass is 472 g/mol. The molecule has 1 amide bonds. The van der Waals surface area contributed by atoms with Crippen molar-refractivity contribution < 1.29 is 13.6 Å². The van der Waals surface area contributed by atoms with Gasteiger partial charge >= 0.3 is 5.63 Å². The Balaban J connectivity index is 1.24. The van der Waals surface area contributed by atoms with Crippen LogP contribution in [0.5, 0.6) is 0 Å². The summed E-state index contributed by atoms with van der Waals surface area (Å²) in [5, 5.41) is 1.88. The molecule has 2 aliphatic heterocycles. The molecule has 1 saturated heterocycles. The molecule has 2 atom stereocenters. The molecule has 1 aromatic carbocycles. The summed E-state index contributed by atoms with van der Waals surface area (Å²) in [6.07, 6.45) is 1.60. The van der Waals surface area contributed by atoms with Gasteiger partial charge in [-0.1, -0.05) is 6.07 Å². The second-order valence-electron chi connectivity index (χ2n) is 10.1. The zero-order valence-electron chi connectivity index (χ0n) is 20.2. The summed E-state index contributed by atoms with van der Waals surface area (Å²) in [7, 11) is 0. The smallest absolute Gasteiger partial charge is 0.339 e. The lowest BCUT2D eigenvalue weighted by Crippen LogP contribution is -2.49. The molecule has 7 heteroatoms. The molecule has 0 unspecified atom stereocenters. The third-order valence-corrected chi connectivity index (χ3v) is 8.00. The molecule has 6 rings (SSSR count). The van der Waals surface area contributed by atoms with Crippen molar-refractivity contribution in [2.24, 2.45) is 5.92 Å². The van der Waals surface area contributed by atoms with Crippen LogP contribution in [0.25, 0.3) is 21.9 Å². The van der Waals surface area contributed by atoms with Gasteiger partial charge in [-0.2, -0.15) is 0 Å². The summed E-state index contributed by atoms with van der Waals surface area (Å²) in [6, 6.07) is 9.21. The molecular weight excluding hydrogens is 444 g/mol. The van der Waals surface area contributed by atoms with Crippen molar-refractivity contribution in [2.75, 3.05) is 13.1 Å². The van der Waals surface area contributed by atoms with E-state index in [9.17, 15) is 14.4 Å². The van der Waals surface area contributed by atoms with Crippen molar-refractivity contribution in [1.82, 2.24) is 9.47 Å². The van der Waals surface area contributed by atoms with Gasteiger partial charge in [-0.15, -0.1) is 0 Å². The Kier molecular flexibility index (Phi) is 4.99. The highest BCUT2D eigenvalue weighted by atomic mass is 16.4. The number of carbonyl (C=O) groups excluding carboxylic acids is 1. The first-order chi connectivity index (χ1) is 16.8. The molecule has 0 saturated carbocycles. The van der Waals surface area contributed by atoms with Crippen LogP contribution in [0.1, 0.15) is 46.9 Å². The third-order valence-electron chi connectivity index (χ3n) is 8.00. The van der Waals surface area contributed by atoms with E-state index >= 15 is 0 Å². The molecule has 1 fully saturated rings. The van der Waals surface area contributed by atoms with E-state index in [0.717, 1.165) is 39.8 Å². The second kappa shape index (κ2) is 7.97. The largest absolute Gasteiger partial charge is 0.461 e. The van der Waals surface area contributed by atoms with Crippen LogP contribution in [-0.4, -0.2) is 28.5 Å². The number of hydrogen-bond donors (Lipinski definition) is 0. The molecule has 180 valence electrons. The van der Waals surface area contributed by atoms with E-state index in [1.807, 2.05) is 42.4 Å². The lowest BCUT2D eigenvalue weighted by atomic mass is 9.83. The molecule has 0 N–H and O–H groups in total. The predicted molar refractivity (Wildman–Crippen MR) is 133 cm³/mol.